The van der Waals surface area contributed by atoms with Crippen molar-refractivity contribution in [3.05, 3.63) is 30.1 Å². The van der Waals surface area contributed by atoms with Crippen molar-refractivity contribution in [1.29, 1.82) is 0 Å². The first-order chi connectivity index (χ1) is 9.16. The molecule has 0 spiro atoms. The van der Waals surface area contributed by atoms with Gasteiger partial charge in [-0.25, -0.2) is 12.8 Å². The summed E-state index contributed by atoms with van der Waals surface area (Å²) < 4.78 is 37.7. The molecule has 1 aromatic carbocycles. The molecule has 1 rings (SSSR count). The molecule has 0 aliphatic rings. The first-order valence-electron chi connectivity index (χ1n) is 6.88. The van der Waals surface area contributed by atoms with E-state index in [0.29, 0.717) is 0 Å². The van der Waals surface area contributed by atoms with Crippen LogP contribution in [-0.2, 0) is 9.84 Å². The van der Waals surface area contributed by atoms with Crippen molar-refractivity contribution in [1.82, 2.24) is 5.32 Å². The van der Waals surface area contributed by atoms with E-state index in [9.17, 15) is 12.8 Å². The van der Waals surface area contributed by atoms with E-state index >= 15 is 0 Å². The number of benzene rings is 1. The molecule has 1 unspecified atom stereocenters. The van der Waals surface area contributed by atoms with Gasteiger partial charge in [0.2, 0.25) is 0 Å². The van der Waals surface area contributed by atoms with Crippen molar-refractivity contribution in [2.24, 2.45) is 5.41 Å². The lowest BCUT2D eigenvalue weighted by Crippen LogP contribution is -2.45. The van der Waals surface area contributed by atoms with Gasteiger partial charge < -0.3 is 5.32 Å². The van der Waals surface area contributed by atoms with Crippen LogP contribution < -0.4 is 5.32 Å². The lowest BCUT2D eigenvalue weighted by Gasteiger charge is -2.31. The van der Waals surface area contributed by atoms with E-state index in [0.717, 1.165) is 13.0 Å². The zero-order valence-electron chi connectivity index (χ0n) is 12.6. The van der Waals surface area contributed by atoms with Gasteiger partial charge in [0.1, 0.15) is 5.82 Å². The minimum atomic E-state index is -3.42. The Bertz CT molecular complexity index is 518. The van der Waals surface area contributed by atoms with Crippen LogP contribution in [0.3, 0.4) is 0 Å². The summed E-state index contributed by atoms with van der Waals surface area (Å²) in [6.07, 6.45) is 0.948. The topological polar surface area (TPSA) is 46.2 Å². The maximum Gasteiger partial charge on any atom is 0.179 e. The van der Waals surface area contributed by atoms with Crippen molar-refractivity contribution in [3.8, 4) is 0 Å². The van der Waals surface area contributed by atoms with Crippen LogP contribution in [0.25, 0.3) is 0 Å². The fourth-order valence-corrected chi connectivity index (χ4v) is 3.69. The molecule has 114 valence electrons. The van der Waals surface area contributed by atoms with E-state index in [1.807, 2.05) is 27.7 Å². The molecule has 0 heterocycles. The van der Waals surface area contributed by atoms with E-state index in [4.69, 9.17) is 0 Å². The van der Waals surface area contributed by atoms with Gasteiger partial charge in [0.05, 0.1) is 10.6 Å². The molecule has 0 aromatic heterocycles. The predicted molar refractivity (Wildman–Crippen MR) is 80.0 cm³/mol. The van der Waals surface area contributed by atoms with E-state index in [2.05, 4.69) is 5.32 Å². The molecule has 1 aromatic rings. The number of halogens is 1. The largest absolute Gasteiger partial charge is 0.312 e. The molecule has 0 radical (unpaired) electrons. The van der Waals surface area contributed by atoms with Crippen LogP contribution in [0.1, 0.15) is 34.1 Å². The number of sulfone groups is 1. The summed E-state index contributed by atoms with van der Waals surface area (Å²) in [7, 11) is -3.42. The number of hydrogen-bond donors (Lipinski definition) is 1. The third-order valence-corrected chi connectivity index (χ3v) is 5.01. The lowest BCUT2D eigenvalue weighted by atomic mass is 9.88. The van der Waals surface area contributed by atoms with E-state index < -0.39 is 15.7 Å². The minimum Gasteiger partial charge on any atom is -0.312 e. The predicted octanol–water partition coefficient (Wildman–Crippen LogP) is 3.01. The fraction of sp³-hybridized carbons (Fsp3) is 0.600. The number of nitrogens with one attached hydrogen (secondary N) is 1. The molecular formula is C15H24FNO2S. The fourth-order valence-electron chi connectivity index (χ4n) is 1.89. The Balaban J connectivity index is 2.93. The highest BCUT2D eigenvalue weighted by molar-refractivity contribution is 7.91. The number of rotatable bonds is 6. The summed E-state index contributed by atoms with van der Waals surface area (Å²) in [6, 6.07) is 4.86. The Kier molecular flexibility index (Phi) is 5.71. The molecule has 0 fully saturated rings. The number of hydrogen-bond acceptors (Lipinski definition) is 3. The third kappa shape index (κ3) is 4.87. The van der Waals surface area contributed by atoms with Gasteiger partial charge >= 0.3 is 0 Å². The Morgan fingerprint density at radius 3 is 2.20 bits per heavy atom. The summed E-state index contributed by atoms with van der Waals surface area (Å²) in [5.41, 5.74) is -0.164. The zero-order chi connectivity index (χ0) is 15.4. The van der Waals surface area contributed by atoms with Crippen molar-refractivity contribution in [3.63, 3.8) is 0 Å². The quantitative estimate of drug-likeness (QED) is 0.822. The van der Waals surface area contributed by atoms with Crippen LogP contribution in [0.2, 0.25) is 0 Å². The third-order valence-electron chi connectivity index (χ3n) is 3.24. The van der Waals surface area contributed by atoms with Crippen molar-refractivity contribution < 1.29 is 12.8 Å². The molecule has 0 aliphatic heterocycles. The second-order valence-corrected chi connectivity index (χ2v) is 8.14. The molecule has 0 aliphatic carbocycles. The monoisotopic (exact) mass is 301 g/mol. The Morgan fingerprint density at radius 2 is 1.75 bits per heavy atom. The minimum absolute atomic E-state index is 0.0160. The molecule has 1 atom stereocenters. The van der Waals surface area contributed by atoms with Gasteiger partial charge in [-0.05, 0) is 42.6 Å². The van der Waals surface area contributed by atoms with Crippen molar-refractivity contribution in [2.45, 2.75) is 45.1 Å². The maximum absolute atomic E-state index is 12.9. The van der Waals surface area contributed by atoms with Crippen molar-refractivity contribution >= 4 is 9.84 Å². The van der Waals surface area contributed by atoms with E-state index in [-0.39, 0.29) is 22.1 Å². The van der Waals surface area contributed by atoms with Crippen LogP contribution in [0.5, 0.6) is 0 Å². The average Bonchev–Trinajstić information content (AvgIpc) is 2.33. The van der Waals surface area contributed by atoms with Crippen LogP contribution in [-0.4, -0.2) is 26.8 Å². The van der Waals surface area contributed by atoms with Crippen LogP contribution in [0.15, 0.2) is 29.2 Å². The summed E-state index contributed by atoms with van der Waals surface area (Å²) >= 11 is 0. The Morgan fingerprint density at radius 1 is 1.20 bits per heavy atom. The van der Waals surface area contributed by atoms with Gasteiger partial charge in [0, 0.05) is 6.04 Å². The van der Waals surface area contributed by atoms with E-state index in [1.165, 1.54) is 24.3 Å². The summed E-state index contributed by atoms with van der Waals surface area (Å²) in [5, 5.41) is 3.29. The van der Waals surface area contributed by atoms with Gasteiger partial charge in [-0.3, -0.25) is 0 Å². The van der Waals surface area contributed by atoms with Crippen LogP contribution >= 0.6 is 0 Å². The van der Waals surface area contributed by atoms with Gasteiger partial charge in [-0.1, -0.05) is 27.7 Å². The van der Waals surface area contributed by atoms with Gasteiger partial charge in [0.15, 0.2) is 9.84 Å². The molecule has 0 saturated heterocycles. The van der Waals surface area contributed by atoms with Crippen LogP contribution in [0, 0.1) is 11.2 Å². The lowest BCUT2D eigenvalue weighted by molar-refractivity contribution is 0.288. The SMILES string of the molecule is CCCNC(CS(=O)(=O)c1ccc(F)cc1)C(C)(C)C. The van der Waals surface area contributed by atoms with Gasteiger partial charge in [-0.15, -0.1) is 0 Å². The normalized spacial score (nSPS) is 14.2. The standard InChI is InChI=1S/C15H24FNO2S/c1-5-10-17-14(15(2,3)4)11-20(18,19)13-8-6-12(16)7-9-13/h6-9,14,17H,5,10-11H2,1-4H3. The molecular weight excluding hydrogens is 277 g/mol. The molecule has 3 nitrogen and oxygen atoms in total. The first-order valence-corrected chi connectivity index (χ1v) is 8.54. The van der Waals surface area contributed by atoms with Crippen LogP contribution in [0.4, 0.5) is 4.39 Å². The summed E-state index contributed by atoms with van der Waals surface area (Å²) in [4.78, 5) is 0.173. The molecule has 1 N–H and O–H groups in total. The second kappa shape index (κ2) is 6.68. The molecule has 0 saturated carbocycles. The Hall–Kier alpha value is -0.940. The molecule has 5 heteroatoms. The summed E-state index contributed by atoms with van der Waals surface area (Å²) in [5.74, 6) is -0.414. The molecule has 20 heavy (non-hydrogen) atoms. The highest BCUT2D eigenvalue weighted by Crippen LogP contribution is 2.23. The highest BCUT2D eigenvalue weighted by Gasteiger charge is 2.29. The highest BCUT2D eigenvalue weighted by atomic mass is 32.2. The van der Waals surface area contributed by atoms with Crippen molar-refractivity contribution in [2.75, 3.05) is 12.3 Å². The first kappa shape index (κ1) is 17.1. The summed E-state index contributed by atoms with van der Waals surface area (Å²) in [6.45, 7) is 8.86. The average molecular weight is 301 g/mol. The molecule has 0 amide bonds. The second-order valence-electron chi connectivity index (χ2n) is 6.11. The maximum atomic E-state index is 12.9. The smallest absolute Gasteiger partial charge is 0.179 e. The zero-order valence-corrected chi connectivity index (χ0v) is 13.4. The van der Waals surface area contributed by atoms with Gasteiger partial charge in [0.25, 0.3) is 0 Å². The van der Waals surface area contributed by atoms with E-state index in [1.54, 1.807) is 0 Å². The Labute approximate surface area is 121 Å². The molecule has 0 bridgehead atoms. The van der Waals surface area contributed by atoms with Gasteiger partial charge in [-0.2, -0.15) is 0 Å².